The number of aromatic nitrogens is 8. The maximum absolute atomic E-state index is 13.1. The summed E-state index contributed by atoms with van der Waals surface area (Å²) in [6.45, 7) is 2.10. The molecule has 268 valence electrons. The van der Waals surface area contributed by atoms with Crippen molar-refractivity contribution in [2.75, 3.05) is 10.6 Å². The zero-order chi connectivity index (χ0) is 37.4. The van der Waals surface area contributed by atoms with E-state index < -0.39 is 11.9 Å². The van der Waals surface area contributed by atoms with Crippen molar-refractivity contribution >= 4 is 44.6 Å². The van der Waals surface area contributed by atoms with Crippen LogP contribution in [0.1, 0.15) is 34.2 Å². The van der Waals surface area contributed by atoms with Crippen LogP contribution in [0.4, 0.5) is 24.8 Å². The number of hydrogen-bond acceptors (Lipinski definition) is 9. The number of benzene rings is 2. The fourth-order valence-corrected chi connectivity index (χ4v) is 6.56. The Morgan fingerprint density at radius 3 is 2.09 bits per heavy atom. The van der Waals surface area contributed by atoms with E-state index in [1.54, 1.807) is 29.2 Å². The predicted octanol–water partition coefficient (Wildman–Crippen LogP) is 8.77. The van der Waals surface area contributed by atoms with Gasteiger partial charge in [-0.2, -0.15) is 13.2 Å². The lowest BCUT2D eigenvalue weighted by molar-refractivity contribution is -0.141. The lowest BCUT2D eigenvalue weighted by Gasteiger charge is -2.11. The second kappa shape index (κ2) is 14.2. The van der Waals surface area contributed by atoms with Gasteiger partial charge >= 0.3 is 6.18 Å². The van der Waals surface area contributed by atoms with Crippen molar-refractivity contribution in [2.45, 2.75) is 26.2 Å². The van der Waals surface area contributed by atoms with Crippen LogP contribution in [0.2, 0.25) is 0 Å². The number of anilines is 2. The van der Waals surface area contributed by atoms with E-state index in [-0.39, 0.29) is 12.3 Å². The number of nitrogens with zero attached hydrogens (tertiary/aromatic N) is 8. The summed E-state index contributed by atoms with van der Waals surface area (Å²) in [5.74, 6) is 0.789. The molecule has 0 aliphatic carbocycles. The molecule has 6 aromatic heterocycles. The van der Waals surface area contributed by atoms with Crippen molar-refractivity contribution < 1.29 is 18.0 Å². The Balaban J connectivity index is 1.19. The molecule has 0 aliphatic rings. The Bertz CT molecular complexity index is 2640. The van der Waals surface area contributed by atoms with E-state index in [2.05, 4.69) is 41.5 Å². The van der Waals surface area contributed by atoms with Crippen LogP contribution in [0.15, 0.2) is 121 Å². The molecule has 0 radical (unpaired) electrons. The topological polar surface area (TPSA) is 127 Å². The molecule has 8 aromatic rings. The van der Waals surface area contributed by atoms with Crippen LogP contribution >= 0.6 is 15.9 Å². The zero-order valence-electron chi connectivity index (χ0n) is 28.4. The number of halogens is 4. The van der Waals surface area contributed by atoms with Crippen LogP contribution in [0, 0.1) is 0 Å². The molecule has 54 heavy (non-hydrogen) atoms. The van der Waals surface area contributed by atoms with Crippen molar-refractivity contribution in [3.05, 3.63) is 143 Å². The Labute approximate surface area is 314 Å². The van der Waals surface area contributed by atoms with E-state index in [9.17, 15) is 18.0 Å². The van der Waals surface area contributed by atoms with Crippen molar-refractivity contribution in [3.63, 3.8) is 0 Å². The van der Waals surface area contributed by atoms with Gasteiger partial charge < -0.3 is 10.6 Å². The monoisotopic (exact) mass is 788 g/mol. The third-order valence-electron chi connectivity index (χ3n) is 8.66. The Morgan fingerprint density at radius 1 is 0.722 bits per heavy atom. The van der Waals surface area contributed by atoms with Crippen molar-refractivity contribution in [1.82, 2.24) is 38.7 Å². The molecule has 15 heteroatoms. The van der Waals surface area contributed by atoms with E-state index in [1.807, 2.05) is 77.3 Å². The first kappa shape index (κ1) is 34.6. The van der Waals surface area contributed by atoms with E-state index >= 15 is 0 Å². The van der Waals surface area contributed by atoms with Gasteiger partial charge in [0.25, 0.3) is 0 Å². The number of ketones is 1. The molecule has 0 aliphatic heterocycles. The molecule has 0 amide bonds. The number of carbonyl (C=O) groups excluding carboxylic acids is 1. The minimum absolute atomic E-state index is 0.136. The fraction of sp³-hybridized carbons (Fsp3) is 0.103. The summed E-state index contributed by atoms with van der Waals surface area (Å²) in [7, 11) is 0. The van der Waals surface area contributed by atoms with Crippen LogP contribution in [0.25, 0.3) is 45.1 Å². The molecule has 0 saturated carbocycles. The molecular weight excluding hydrogens is 761 g/mol. The third-order valence-corrected chi connectivity index (χ3v) is 9.42. The van der Waals surface area contributed by atoms with E-state index in [0.717, 1.165) is 28.3 Å². The molecule has 0 unspecified atom stereocenters. The van der Waals surface area contributed by atoms with Gasteiger partial charge in [-0.05, 0) is 45.3 Å². The van der Waals surface area contributed by atoms with Gasteiger partial charge in [0.15, 0.2) is 28.7 Å². The van der Waals surface area contributed by atoms with Gasteiger partial charge in [0.2, 0.25) is 0 Å². The molecular formula is C39H28BrF3N10O. The van der Waals surface area contributed by atoms with Crippen LogP contribution in [0.5, 0.6) is 0 Å². The molecule has 11 nitrogen and oxygen atoms in total. The minimum atomic E-state index is -4.53. The summed E-state index contributed by atoms with van der Waals surface area (Å²) >= 11 is 3.79. The van der Waals surface area contributed by atoms with E-state index in [0.29, 0.717) is 62.4 Å². The average molecular weight is 790 g/mol. The molecule has 0 atom stereocenters. The van der Waals surface area contributed by atoms with E-state index in [1.165, 1.54) is 19.2 Å². The van der Waals surface area contributed by atoms with Gasteiger partial charge in [-0.25, -0.2) is 19.9 Å². The Hall–Kier alpha value is -6.48. The molecule has 0 fully saturated rings. The first-order valence-corrected chi connectivity index (χ1v) is 17.4. The summed E-state index contributed by atoms with van der Waals surface area (Å²) in [5, 5.41) is 6.63. The standard InChI is InChI=1S/C39H28BrF3N10O/c1-23(54)31-20-48-37-35(46-18-24-7-6-14-44-16-24)50-30(21-52(31)37)27-10-5-11-28(15-27)33-34(40)53-22-29(26-8-3-2-4-9-26)49-36(38(53)51-33)47-19-25-12-13-32(45-17-25)39(41,42)43/h2-17,20-22H,18-19H2,1H3,(H,46,50)(H,47,49). The zero-order valence-corrected chi connectivity index (χ0v) is 30.0. The highest BCUT2D eigenvalue weighted by Crippen LogP contribution is 2.35. The highest BCUT2D eigenvalue weighted by Gasteiger charge is 2.32. The van der Waals surface area contributed by atoms with Gasteiger partial charge in [-0.3, -0.25) is 23.6 Å². The lowest BCUT2D eigenvalue weighted by Crippen LogP contribution is -2.09. The molecule has 2 aromatic carbocycles. The largest absolute Gasteiger partial charge is 0.433 e. The van der Waals surface area contributed by atoms with Gasteiger partial charge in [0.05, 0.1) is 17.6 Å². The van der Waals surface area contributed by atoms with Gasteiger partial charge in [-0.1, -0.05) is 60.7 Å². The summed E-state index contributed by atoms with van der Waals surface area (Å²) in [6, 6.07) is 23.5. The second-order valence-corrected chi connectivity index (χ2v) is 13.1. The quantitative estimate of drug-likeness (QED) is 0.131. The second-order valence-electron chi connectivity index (χ2n) is 12.4. The van der Waals surface area contributed by atoms with Gasteiger partial charge in [-0.15, -0.1) is 0 Å². The number of nitrogens with one attached hydrogen (secondary N) is 2. The maximum Gasteiger partial charge on any atom is 0.433 e. The Kier molecular flexibility index (Phi) is 9.07. The number of hydrogen-bond donors (Lipinski definition) is 2. The normalized spacial score (nSPS) is 11.6. The first-order valence-electron chi connectivity index (χ1n) is 16.6. The van der Waals surface area contributed by atoms with Crippen LogP contribution < -0.4 is 10.6 Å². The molecule has 8 rings (SSSR count). The van der Waals surface area contributed by atoms with Crippen LogP contribution in [-0.4, -0.2) is 44.5 Å². The summed E-state index contributed by atoms with van der Waals surface area (Å²) in [4.78, 5) is 39.7. The van der Waals surface area contributed by atoms with Crippen molar-refractivity contribution in [2.24, 2.45) is 0 Å². The SMILES string of the molecule is CC(=O)c1cnc2c(NCc3cccnc3)nc(-c3cccc(-c4nc5c(NCc6ccc(C(F)(F)F)nc6)nc(-c6ccccc6)cn5c4Br)c3)cn12. The van der Waals surface area contributed by atoms with Gasteiger partial charge in [0, 0.05) is 67.7 Å². The summed E-state index contributed by atoms with van der Waals surface area (Å²) in [6.07, 6.45) is 5.35. The van der Waals surface area contributed by atoms with Crippen LogP contribution in [-0.2, 0) is 19.3 Å². The maximum atomic E-state index is 13.1. The molecule has 0 bridgehead atoms. The number of carbonyl (C=O) groups is 1. The molecule has 2 N–H and O–H groups in total. The summed E-state index contributed by atoms with van der Waals surface area (Å²) in [5.41, 5.74) is 6.23. The Morgan fingerprint density at radius 2 is 1.41 bits per heavy atom. The molecule has 0 saturated heterocycles. The van der Waals surface area contributed by atoms with Crippen molar-refractivity contribution in [3.8, 4) is 33.8 Å². The number of pyridine rings is 2. The number of alkyl halides is 3. The smallest absolute Gasteiger partial charge is 0.363 e. The average Bonchev–Trinajstić information content (AvgIpc) is 3.78. The molecule has 6 heterocycles. The highest BCUT2D eigenvalue weighted by molar-refractivity contribution is 9.10. The summed E-state index contributed by atoms with van der Waals surface area (Å²) < 4.78 is 43.6. The highest BCUT2D eigenvalue weighted by atomic mass is 79.9. The number of imidazole rings is 2. The number of rotatable bonds is 10. The van der Waals surface area contributed by atoms with Crippen LogP contribution in [0.3, 0.4) is 0 Å². The van der Waals surface area contributed by atoms with Gasteiger partial charge in [0.1, 0.15) is 21.7 Å². The lowest BCUT2D eigenvalue weighted by atomic mass is 10.1. The first-order chi connectivity index (χ1) is 26.1. The fourth-order valence-electron chi connectivity index (χ4n) is 5.97. The van der Waals surface area contributed by atoms with E-state index in [4.69, 9.17) is 15.0 Å². The third kappa shape index (κ3) is 6.88. The molecule has 0 spiro atoms. The predicted molar refractivity (Wildman–Crippen MR) is 202 cm³/mol. The minimum Gasteiger partial charge on any atom is -0.363 e. The van der Waals surface area contributed by atoms with Crippen molar-refractivity contribution in [1.29, 1.82) is 0 Å². The number of Topliss-reactive ketones (excluding diaryl/α,β-unsaturated/α-hetero) is 1. The number of fused-ring (bicyclic) bond motifs is 2.